The van der Waals surface area contributed by atoms with Gasteiger partial charge in [-0.25, -0.2) is 12.0 Å². The Labute approximate surface area is 124 Å². The van der Waals surface area contributed by atoms with Crippen LogP contribution in [0.4, 0.5) is 0 Å². The zero-order valence-electron chi connectivity index (χ0n) is 9.68. The molecule has 0 radical (unpaired) electrons. The molecule has 92 valence electrons. The molecule has 0 saturated carbocycles. The maximum absolute atomic E-state index is 10.0. The van der Waals surface area contributed by atoms with Crippen LogP contribution in [0, 0.1) is 0 Å². The Morgan fingerprint density at radius 1 is 1.06 bits per heavy atom. The van der Waals surface area contributed by atoms with Gasteiger partial charge < -0.3 is 10.3 Å². The van der Waals surface area contributed by atoms with Crippen LogP contribution in [-0.4, -0.2) is 25.3 Å². The van der Waals surface area contributed by atoms with Gasteiger partial charge in [0.15, 0.2) is 0 Å². The van der Waals surface area contributed by atoms with E-state index in [1.807, 2.05) is 0 Å². The number of hydrogen-bond donors (Lipinski definition) is 1. The average Bonchev–Trinajstić information content (AvgIpc) is 2.14. The van der Waals surface area contributed by atoms with Crippen molar-refractivity contribution >= 4 is 22.4 Å². The molecule has 5 nitrogen and oxygen atoms in total. The third-order valence-electron chi connectivity index (χ3n) is 1.81. The SMILES string of the molecule is NCCCCCCCCSOS(=O)(=O)[O-].[Na+]. The van der Waals surface area contributed by atoms with Crippen LogP contribution < -0.4 is 35.3 Å². The van der Waals surface area contributed by atoms with Crippen molar-refractivity contribution in [1.29, 1.82) is 0 Å². The predicted octanol–water partition coefficient (Wildman–Crippen LogP) is -1.59. The summed E-state index contributed by atoms with van der Waals surface area (Å²) in [5.74, 6) is 0.540. The monoisotopic (exact) mass is 279 g/mol. The van der Waals surface area contributed by atoms with Crippen molar-refractivity contribution in [1.82, 2.24) is 0 Å². The Balaban J connectivity index is 0. The minimum Gasteiger partial charge on any atom is -0.725 e. The average molecular weight is 279 g/mol. The third-order valence-corrected chi connectivity index (χ3v) is 3.32. The van der Waals surface area contributed by atoms with Gasteiger partial charge in [0.25, 0.3) is 0 Å². The van der Waals surface area contributed by atoms with E-state index in [4.69, 9.17) is 5.73 Å². The molecule has 0 fully saturated rings. The van der Waals surface area contributed by atoms with Gasteiger partial charge in [-0.3, -0.25) is 0 Å². The number of nitrogens with two attached hydrogens (primary N) is 1. The molecule has 0 heterocycles. The fraction of sp³-hybridized carbons (Fsp3) is 1.00. The molecule has 0 rings (SSSR count). The van der Waals surface area contributed by atoms with E-state index in [0.717, 1.165) is 45.1 Å². The minimum absolute atomic E-state index is 0. The molecule has 0 aliphatic rings. The predicted molar refractivity (Wildman–Crippen MR) is 60.0 cm³/mol. The summed E-state index contributed by atoms with van der Waals surface area (Å²) in [4.78, 5) is 0. The van der Waals surface area contributed by atoms with Crippen LogP contribution >= 0.6 is 12.0 Å². The van der Waals surface area contributed by atoms with Gasteiger partial charge in [0, 0.05) is 17.8 Å². The maximum Gasteiger partial charge on any atom is 1.00 e. The largest absolute Gasteiger partial charge is 1.00 e. The summed E-state index contributed by atoms with van der Waals surface area (Å²) in [5.41, 5.74) is 5.34. The van der Waals surface area contributed by atoms with E-state index >= 15 is 0 Å². The van der Waals surface area contributed by atoms with Crippen molar-refractivity contribution in [2.45, 2.75) is 38.5 Å². The molecule has 16 heavy (non-hydrogen) atoms. The normalized spacial score (nSPS) is 11.1. The first-order chi connectivity index (χ1) is 7.06. The quantitative estimate of drug-likeness (QED) is 0.170. The first-order valence-electron chi connectivity index (χ1n) is 5.03. The van der Waals surface area contributed by atoms with Crippen molar-refractivity contribution in [3.63, 3.8) is 0 Å². The van der Waals surface area contributed by atoms with Crippen LogP contribution in [0.2, 0.25) is 0 Å². The number of rotatable bonds is 10. The van der Waals surface area contributed by atoms with Gasteiger partial charge in [-0.05, 0) is 19.4 Å². The molecule has 0 bridgehead atoms. The van der Waals surface area contributed by atoms with Gasteiger partial charge in [-0.1, -0.05) is 25.7 Å². The molecule has 2 N–H and O–H groups in total. The Bertz CT molecular complexity index is 236. The molecular formula is C8H18NNaO4S2. The molecule has 0 unspecified atom stereocenters. The van der Waals surface area contributed by atoms with E-state index in [-0.39, 0.29) is 29.6 Å². The first kappa shape index (κ1) is 19.5. The molecular weight excluding hydrogens is 261 g/mol. The van der Waals surface area contributed by atoms with E-state index in [0.29, 0.717) is 17.8 Å². The Kier molecular flexibility index (Phi) is 15.4. The summed E-state index contributed by atoms with van der Waals surface area (Å²) in [7, 11) is -4.53. The summed E-state index contributed by atoms with van der Waals surface area (Å²) in [5, 5.41) is 0. The standard InChI is InChI=1S/C8H19NO4S2.Na/c9-7-5-3-1-2-4-6-8-14-13-15(10,11)12;/h1-9H2,(H,10,11,12);/q;+1/p-1. The zero-order valence-corrected chi connectivity index (χ0v) is 13.3. The van der Waals surface area contributed by atoms with Crippen LogP contribution in [0.5, 0.6) is 0 Å². The summed E-state index contributed by atoms with van der Waals surface area (Å²) in [6.07, 6.45) is 6.37. The third kappa shape index (κ3) is 17.6. The van der Waals surface area contributed by atoms with E-state index in [9.17, 15) is 13.0 Å². The number of hydrogen-bond acceptors (Lipinski definition) is 6. The van der Waals surface area contributed by atoms with E-state index in [1.54, 1.807) is 0 Å². The Morgan fingerprint density at radius 3 is 2.06 bits per heavy atom. The Morgan fingerprint density at radius 2 is 1.56 bits per heavy atom. The molecule has 0 atom stereocenters. The topological polar surface area (TPSA) is 92.5 Å². The van der Waals surface area contributed by atoms with Crippen molar-refractivity contribution in [3.05, 3.63) is 0 Å². The second-order valence-corrected chi connectivity index (χ2v) is 5.21. The first-order valence-corrected chi connectivity index (χ1v) is 7.27. The van der Waals surface area contributed by atoms with Crippen LogP contribution in [0.25, 0.3) is 0 Å². The molecule has 0 saturated heterocycles. The molecule has 0 aromatic heterocycles. The summed E-state index contributed by atoms with van der Waals surface area (Å²) in [6.45, 7) is 0.741. The fourth-order valence-electron chi connectivity index (χ4n) is 1.11. The van der Waals surface area contributed by atoms with Crippen molar-refractivity contribution in [2.24, 2.45) is 5.73 Å². The molecule has 8 heteroatoms. The van der Waals surface area contributed by atoms with Crippen molar-refractivity contribution < 1.29 is 46.2 Å². The van der Waals surface area contributed by atoms with Gasteiger partial charge in [-0.2, -0.15) is 0 Å². The summed E-state index contributed by atoms with van der Waals surface area (Å²) in [6, 6.07) is 0. The van der Waals surface area contributed by atoms with Crippen molar-refractivity contribution in [2.75, 3.05) is 12.3 Å². The van der Waals surface area contributed by atoms with Crippen LogP contribution in [0.3, 0.4) is 0 Å². The van der Waals surface area contributed by atoms with Crippen LogP contribution in [0.15, 0.2) is 0 Å². The second kappa shape index (κ2) is 12.6. The molecule has 0 spiro atoms. The minimum atomic E-state index is -4.53. The van der Waals surface area contributed by atoms with Gasteiger partial charge in [-0.15, -0.1) is 0 Å². The zero-order chi connectivity index (χ0) is 11.6. The molecule has 0 aliphatic heterocycles. The summed E-state index contributed by atoms with van der Waals surface area (Å²) >= 11 is 0.708. The van der Waals surface area contributed by atoms with Gasteiger partial charge in [0.2, 0.25) is 10.4 Å². The fourth-order valence-corrected chi connectivity index (χ4v) is 2.17. The molecule has 0 aromatic rings. The van der Waals surface area contributed by atoms with Crippen LogP contribution in [-0.2, 0) is 14.0 Å². The molecule has 0 aromatic carbocycles. The second-order valence-electron chi connectivity index (χ2n) is 3.21. The van der Waals surface area contributed by atoms with E-state index in [2.05, 4.69) is 3.63 Å². The van der Waals surface area contributed by atoms with Crippen LogP contribution in [0.1, 0.15) is 38.5 Å². The van der Waals surface area contributed by atoms with Gasteiger partial charge >= 0.3 is 29.6 Å². The van der Waals surface area contributed by atoms with E-state index in [1.165, 1.54) is 0 Å². The van der Waals surface area contributed by atoms with Gasteiger partial charge in [0.1, 0.15) is 0 Å². The van der Waals surface area contributed by atoms with Gasteiger partial charge in [0.05, 0.1) is 0 Å². The molecule has 0 amide bonds. The smallest absolute Gasteiger partial charge is 0.725 e. The molecule has 0 aliphatic carbocycles. The maximum atomic E-state index is 10.0. The summed E-state index contributed by atoms with van der Waals surface area (Å²) < 4.78 is 34.1. The Hall–Kier alpha value is 1.18. The van der Waals surface area contributed by atoms with Crippen molar-refractivity contribution in [3.8, 4) is 0 Å². The van der Waals surface area contributed by atoms with E-state index < -0.39 is 10.4 Å². The number of unbranched alkanes of at least 4 members (excludes halogenated alkanes) is 5.